The predicted molar refractivity (Wildman–Crippen MR) is 201 cm³/mol. The number of nitrogens with one attached hydrogen (secondary N) is 2. The number of nitrogens with zero attached hydrogens (tertiary/aromatic N) is 3. The maximum atomic E-state index is 15.0. The zero-order chi connectivity index (χ0) is 38.3. The Labute approximate surface area is 312 Å². The van der Waals surface area contributed by atoms with E-state index in [1.165, 1.54) is 6.33 Å². The molecular weight excluding hydrogens is 715 g/mol. The number of aromatic amines is 1. The molecule has 2 aromatic heterocycles. The first kappa shape index (κ1) is 37.7. The maximum Gasteiger partial charge on any atom is 0.459 e. The lowest BCUT2D eigenvalue weighted by atomic mass is 9.96. The number of nitrogen functional groups attached to an aromatic ring is 1. The van der Waals surface area contributed by atoms with E-state index in [0.717, 1.165) is 17.4 Å². The fourth-order valence-corrected chi connectivity index (χ4v) is 8.81. The average molecular weight is 761 g/mol. The molecule has 5 aromatic rings. The van der Waals surface area contributed by atoms with Gasteiger partial charge in [-0.05, 0) is 56.5 Å². The van der Waals surface area contributed by atoms with Gasteiger partial charge in [-0.2, -0.15) is 10.1 Å². The van der Waals surface area contributed by atoms with Crippen LogP contribution in [0.3, 0.4) is 0 Å². The van der Waals surface area contributed by atoms with E-state index < -0.39 is 55.1 Å². The number of hydrogen-bond donors (Lipinski definition) is 3. The topological polar surface area (TPSA) is 191 Å². The van der Waals surface area contributed by atoms with Gasteiger partial charge in [0.25, 0.3) is 5.56 Å². The van der Waals surface area contributed by atoms with E-state index in [1.54, 1.807) is 30.5 Å². The van der Waals surface area contributed by atoms with Gasteiger partial charge < -0.3 is 29.2 Å². The second-order valence-electron chi connectivity index (χ2n) is 14.5. The van der Waals surface area contributed by atoms with Crippen LogP contribution in [0.1, 0.15) is 52.8 Å². The average Bonchev–Trinajstić information content (AvgIpc) is 3.74. The maximum absolute atomic E-state index is 15.0. The Morgan fingerprint density at radius 2 is 1.81 bits per heavy atom. The summed E-state index contributed by atoms with van der Waals surface area (Å²) in [5.41, 5.74) is 5.61. The minimum Gasteiger partial charge on any atom is -0.464 e. The molecule has 0 aliphatic carbocycles. The number of carbonyl (C=O) groups excluding carboxylic acids is 1. The Morgan fingerprint density at radius 1 is 1.07 bits per heavy atom. The molecule has 3 aromatic carbocycles. The molecule has 54 heavy (non-hydrogen) atoms. The molecule has 6 atom stereocenters. The quantitative estimate of drug-likeness (QED) is 0.0715. The van der Waals surface area contributed by atoms with Crippen LogP contribution in [-0.4, -0.2) is 68.3 Å². The van der Waals surface area contributed by atoms with E-state index >= 15 is 4.57 Å². The molecule has 4 heterocycles. The lowest BCUT2D eigenvalue weighted by molar-refractivity contribution is -0.216. The molecule has 0 bridgehead atoms. The number of H-pyrrole nitrogens is 1. The van der Waals surface area contributed by atoms with Crippen LogP contribution in [0.15, 0.2) is 83.9 Å². The largest absolute Gasteiger partial charge is 0.464 e. The molecule has 2 aliphatic heterocycles. The number of imidazole rings is 1. The number of aryl methyl sites for hydroxylation is 1. The van der Waals surface area contributed by atoms with Crippen LogP contribution >= 0.6 is 7.75 Å². The smallest absolute Gasteiger partial charge is 0.459 e. The minimum absolute atomic E-state index is 0.0645. The van der Waals surface area contributed by atoms with Crippen LogP contribution in [0.25, 0.3) is 21.9 Å². The molecule has 0 radical (unpaired) electrons. The van der Waals surface area contributed by atoms with Gasteiger partial charge in [0.05, 0.1) is 19.5 Å². The third kappa shape index (κ3) is 7.65. The Balaban J connectivity index is 1.16. The fraction of sp³-hybridized carbons (Fsp3) is 0.421. The Bertz CT molecular complexity index is 2240. The van der Waals surface area contributed by atoms with Crippen LogP contribution < -0.4 is 20.9 Å². The van der Waals surface area contributed by atoms with Crippen molar-refractivity contribution in [3.8, 4) is 5.75 Å². The summed E-state index contributed by atoms with van der Waals surface area (Å²) >= 11 is 0. The molecule has 0 spiro atoms. The molecule has 2 fully saturated rings. The summed E-state index contributed by atoms with van der Waals surface area (Å²) in [5.74, 6) is -1.80. The molecule has 7 rings (SSSR count). The number of hydrogen-bond acceptors (Lipinski definition) is 12. The summed E-state index contributed by atoms with van der Waals surface area (Å²) in [6, 6.07) is 21.7. The molecule has 4 N–H and O–H groups in total. The van der Waals surface area contributed by atoms with Crippen LogP contribution in [0, 0.1) is 5.92 Å². The van der Waals surface area contributed by atoms with Crippen molar-refractivity contribution in [3.63, 3.8) is 0 Å². The number of fused-ring (bicyclic) bond motifs is 3. The van der Waals surface area contributed by atoms with E-state index in [9.17, 15) is 9.59 Å². The van der Waals surface area contributed by atoms with Gasteiger partial charge in [-0.1, -0.05) is 80.6 Å². The number of aromatic nitrogens is 4. The number of nitrogens with two attached hydrogens (primary N) is 1. The van der Waals surface area contributed by atoms with Crippen molar-refractivity contribution in [2.75, 3.05) is 18.9 Å². The summed E-state index contributed by atoms with van der Waals surface area (Å²) in [7, 11) is -4.39. The van der Waals surface area contributed by atoms with Gasteiger partial charge in [0.2, 0.25) is 5.95 Å². The lowest BCUT2D eigenvalue weighted by Crippen LogP contribution is -2.43. The molecule has 1 unspecified atom stereocenters. The van der Waals surface area contributed by atoms with Gasteiger partial charge in [0, 0.05) is 5.39 Å². The van der Waals surface area contributed by atoms with Gasteiger partial charge in [0.15, 0.2) is 23.2 Å². The summed E-state index contributed by atoms with van der Waals surface area (Å²) in [6.07, 6.45) is 0.217. The van der Waals surface area contributed by atoms with Crippen molar-refractivity contribution in [1.29, 1.82) is 0 Å². The van der Waals surface area contributed by atoms with Crippen LogP contribution in [0.4, 0.5) is 5.95 Å². The first-order valence-corrected chi connectivity index (χ1v) is 19.5. The zero-order valence-corrected chi connectivity index (χ0v) is 31.7. The molecule has 0 amide bonds. The number of benzene rings is 3. The Kier molecular flexibility index (Phi) is 10.4. The number of carbonyl (C=O) groups is 1. The summed E-state index contributed by atoms with van der Waals surface area (Å²) in [5, 5.41) is 4.47. The molecular formula is C38H45N6O9P. The van der Waals surface area contributed by atoms with E-state index in [4.69, 9.17) is 33.7 Å². The highest BCUT2D eigenvalue weighted by Crippen LogP contribution is 2.53. The number of esters is 1. The normalized spacial score (nSPS) is 23.7. The second kappa shape index (κ2) is 14.9. The first-order chi connectivity index (χ1) is 25.8. The highest BCUT2D eigenvalue weighted by molar-refractivity contribution is 7.52. The summed E-state index contributed by atoms with van der Waals surface area (Å²) in [4.78, 5) is 37.2. The minimum atomic E-state index is -4.39. The van der Waals surface area contributed by atoms with E-state index in [0.29, 0.717) is 11.8 Å². The van der Waals surface area contributed by atoms with Crippen molar-refractivity contribution >= 4 is 41.6 Å². The number of rotatable bonds is 14. The first-order valence-electron chi connectivity index (χ1n) is 17.9. The number of ether oxygens (including phenoxy) is 4. The van der Waals surface area contributed by atoms with Gasteiger partial charge in [0.1, 0.15) is 29.6 Å². The molecule has 0 saturated carbocycles. The Morgan fingerprint density at radius 3 is 2.59 bits per heavy atom. The van der Waals surface area contributed by atoms with Crippen molar-refractivity contribution in [2.24, 2.45) is 5.92 Å². The second-order valence-corrected chi connectivity index (χ2v) is 16.2. The van der Waals surface area contributed by atoms with E-state index in [2.05, 4.69) is 20.0 Å². The molecule has 286 valence electrons. The van der Waals surface area contributed by atoms with Crippen molar-refractivity contribution < 1.29 is 37.4 Å². The van der Waals surface area contributed by atoms with Crippen LogP contribution in [0.2, 0.25) is 0 Å². The third-order valence-corrected chi connectivity index (χ3v) is 11.1. The van der Waals surface area contributed by atoms with Gasteiger partial charge in [-0.25, -0.2) is 9.55 Å². The van der Waals surface area contributed by atoms with Crippen LogP contribution in [0.5, 0.6) is 5.75 Å². The monoisotopic (exact) mass is 760 g/mol. The van der Waals surface area contributed by atoms with Crippen molar-refractivity contribution in [3.05, 3.63) is 95.0 Å². The van der Waals surface area contributed by atoms with Crippen molar-refractivity contribution in [2.45, 2.75) is 83.3 Å². The lowest BCUT2D eigenvalue weighted by Gasteiger charge is -2.30. The highest BCUT2D eigenvalue weighted by Gasteiger charge is 2.64. The molecule has 16 heteroatoms. The van der Waals surface area contributed by atoms with E-state index in [-0.39, 0.29) is 42.0 Å². The van der Waals surface area contributed by atoms with Gasteiger partial charge in [-0.3, -0.25) is 23.7 Å². The molecule has 15 nitrogen and oxygen atoms in total. The summed E-state index contributed by atoms with van der Waals surface area (Å²) < 4.78 is 54.1. The molecule has 2 saturated heterocycles. The number of anilines is 1. The predicted octanol–water partition coefficient (Wildman–Crippen LogP) is 5.66. The Hall–Kier alpha value is -4.63. The van der Waals surface area contributed by atoms with Crippen molar-refractivity contribution in [1.82, 2.24) is 24.6 Å². The standard InChI is InChI=1S/C38H45N6O9P/c1-23(2)29(34(46)48-20-12-15-24-13-7-6-8-14-24)43-54(47,52-27-19-11-17-25-16-9-10-18-26(25)27)49-21-28-31-38(5,53-37(3,4)51-31)35(50-28)44-22-40-30-32(44)41-36(39)42-33(30)45/h6-11,13-14,16-19,22-23,28-29,31,35H,12,15,20-21H2,1-5H3,(H,43,47)(H3,39,41,42,45)/t28-,29+,31-,35-,38-,54?/m1/s1. The highest BCUT2D eigenvalue weighted by atomic mass is 31.2. The van der Waals surface area contributed by atoms with Gasteiger partial charge in [-0.15, -0.1) is 0 Å². The van der Waals surface area contributed by atoms with Gasteiger partial charge >= 0.3 is 13.7 Å². The molecule has 2 aliphatic rings. The fourth-order valence-electron chi connectivity index (χ4n) is 7.12. The zero-order valence-electron chi connectivity index (χ0n) is 30.8. The van der Waals surface area contributed by atoms with Crippen LogP contribution in [-0.2, 0) is 39.3 Å². The van der Waals surface area contributed by atoms with E-state index in [1.807, 2.05) is 81.4 Å². The third-order valence-electron chi connectivity index (χ3n) is 9.57. The summed E-state index contributed by atoms with van der Waals surface area (Å²) in [6.45, 7) is 8.84. The SMILES string of the molecule is CC(C)[C@H](NP(=O)(OC[C@H]1O[C@@H](n2cnc3c(=O)[nH]c(N)nc32)[C@]2(C)OC(C)(C)O[C@H]12)Oc1cccc2ccccc12)C(=O)OCCCc1ccccc1.